The molecule has 0 unspecified atom stereocenters. The number of amides is 1. The minimum atomic E-state index is -0.114. The van der Waals surface area contributed by atoms with E-state index in [9.17, 15) is 10.1 Å². The van der Waals surface area contributed by atoms with Gasteiger partial charge in [-0.1, -0.05) is 26.8 Å². The molecule has 3 heterocycles. The van der Waals surface area contributed by atoms with Crippen molar-refractivity contribution in [3.05, 3.63) is 23.9 Å². The van der Waals surface area contributed by atoms with Crippen LogP contribution in [-0.2, 0) is 9.53 Å². The number of anilines is 1. The Morgan fingerprint density at radius 1 is 1.27 bits per heavy atom. The van der Waals surface area contributed by atoms with Crippen LogP contribution in [0.4, 0.5) is 5.82 Å². The van der Waals surface area contributed by atoms with Crippen molar-refractivity contribution in [1.29, 1.82) is 5.26 Å². The molecule has 2 aliphatic heterocycles. The maximum Gasteiger partial charge on any atom is 0.227 e. The highest BCUT2D eigenvalue weighted by atomic mass is 16.5. The van der Waals surface area contributed by atoms with Crippen LogP contribution in [0.2, 0.25) is 0 Å². The van der Waals surface area contributed by atoms with E-state index < -0.39 is 0 Å². The maximum absolute atomic E-state index is 12.9. The minimum absolute atomic E-state index is 0.0434. The Labute approximate surface area is 180 Å². The number of carbonyl (C=O) groups excluding carboxylic acids is 1. The fourth-order valence-corrected chi connectivity index (χ4v) is 4.66. The van der Waals surface area contributed by atoms with Gasteiger partial charge in [-0.25, -0.2) is 4.98 Å². The van der Waals surface area contributed by atoms with Gasteiger partial charge in [0.15, 0.2) is 0 Å². The average molecular weight is 414 g/mol. The zero-order valence-corrected chi connectivity index (χ0v) is 18.6. The summed E-state index contributed by atoms with van der Waals surface area (Å²) < 4.78 is 5.70. The number of pyridine rings is 1. The van der Waals surface area contributed by atoms with Gasteiger partial charge in [0, 0.05) is 64.4 Å². The van der Waals surface area contributed by atoms with Crippen molar-refractivity contribution in [2.45, 2.75) is 45.6 Å². The zero-order chi connectivity index (χ0) is 21.6. The van der Waals surface area contributed by atoms with Crippen molar-refractivity contribution < 1.29 is 9.53 Å². The lowest BCUT2D eigenvalue weighted by molar-refractivity contribution is -0.119. The number of nitriles is 1. The van der Waals surface area contributed by atoms with Gasteiger partial charge in [-0.15, -0.1) is 0 Å². The highest BCUT2D eigenvalue weighted by molar-refractivity contribution is 5.92. The first-order chi connectivity index (χ1) is 14.5. The second-order valence-electron chi connectivity index (χ2n) is 8.84. The highest BCUT2D eigenvalue weighted by Gasteiger charge is 2.42. The quantitative estimate of drug-likeness (QED) is 0.684. The van der Waals surface area contributed by atoms with E-state index >= 15 is 0 Å². The summed E-state index contributed by atoms with van der Waals surface area (Å²) in [5.74, 6) is 1.29. The number of aromatic nitrogens is 1. The fraction of sp³-hybridized carbons (Fsp3) is 0.696. The number of hydrogen-bond acceptors (Lipinski definition) is 6. The van der Waals surface area contributed by atoms with Crippen molar-refractivity contribution in [2.75, 3.05) is 57.4 Å². The van der Waals surface area contributed by atoms with E-state index in [1.807, 2.05) is 13.0 Å². The Hall–Kier alpha value is -2.01. The normalized spacial score (nSPS) is 20.1. The number of hydrogen-bond donors (Lipinski definition) is 0. The van der Waals surface area contributed by atoms with Crippen LogP contribution in [0.5, 0.6) is 0 Å². The van der Waals surface area contributed by atoms with E-state index in [4.69, 9.17) is 4.74 Å². The van der Waals surface area contributed by atoms with Gasteiger partial charge in [0.25, 0.3) is 0 Å². The van der Waals surface area contributed by atoms with Gasteiger partial charge in [-0.3, -0.25) is 14.6 Å². The molecule has 0 saturated carbocycles. The van der Waals surface area contributed by atoms with Gasteiger partial charge in [-0.05, 0) is 30.9 Å². The lowest BCUT2D eigenvalue weighted by Gasteiger charge is -2.51. The Bertz CT molecular complexity index is 746. The van der Waals surface area contributed by atoms with Gasteiger partial charge in [0.2, 0.25) is 5.91 Å². The van der Waals surface area contributed by atoms with E-state index in [1.165, 1.54) is 0 Å². The van der Waals surface area contributed by atoms with Crippen LogP contribution in [0.15, 0.2) is 18.2 Å². The third-order valence-electron chi connectivity index (χ3n) is 6.27. The topological polar surface area (TPSA) is 72.7 Å². The Morgan fingerprint density at radius 2 is 1.97 bits per heavy atom. The molecule has 7 heteroatoms. The Kier molecular flexibility index (Phi) is 7.81. The van der Waals surface area contributed by atoms with E-state index in [2.05, 4.69) is 34.7 Å². The summed E-state index contributed by atoms with van der Waals surface area (Å²) in [6.45, 7) is 13.7. The van der Waals surface area contributed by atoms with Crippen molar-refractivity contribution in [3.63, 3.8) is 0 Å². The van der Waals surface area contributed by atoms with Crippen molar-refractivity contribution in [2.24, 2.45) is 5.92 Å². The molecule has 0 spiro atoms. The molecule has 7 nitrogen and oxygen atoms in total. The van der Waals surface area contributed by atoms with Crippen LogP contribution >= 0.6 is 0 Å². The first kappa shape index (κ1) is 22.7. The monoisotopic (exact) mass is 413 g/mol. The summed E-state index contributed by atoms with van der Waals surface area (Å²) in [4.78, 5) is 24.3. The van der Waals surface area contributed by atoms with Crippen molar-refractivity contribution in [1.82, 2.24) is 14.8 Å². The van der Waals surface area contributed by atoms with Crippen LogP contribution in [-0.4, -0.2) is 78.7 Å². The van der Waals surface area contributed by atoms with E-state index in [0.29, 0.717) is 43.6 Å². The lowest BCUT2D eigenvalue weighted by Crippen LogP contribution is -2.63. The van der Waals surface area contributed by atoms with Crippen LogP contribution in [0, 0.1) is 17.2 Å². The summed E-state index contributed by atoms with van der Waals surface area (Å²) in [5, 5.41) is 9.26. The SMILES string of the molecule is CCC(=O)N(CC1(N2CCN(CC(C)C)CC2)CCOCC1)c1cccc(C#N)n1. The second-order valence-corrected chi connectivity index (χ2v) is 8.84. The smallest absolute Gasteiger partial charge is 0.227 e. The molecule has 0 aromatic carbocycles. The largest absolute Gasteiger partial charge is 0.381 e. The Balaban J connectivity index is 1.83. The fourth-order valence-electron chi connectivity index (χ4n) is 4.66. The first-order valence-corrected chi connectivity index (χ1v) is 11.2. The molecule has 0 bridgehead atoms. The average Bonchev–Trinajstić information content (AvgIpc) is 2.77. The summed E-state index contributed by atoms with van der Waals surface area (Å²) in [6, 6.07) is 7.41. The molecule has 164 valence electrons. The van der Waals surface area contributed by atoms with E-state index in [-0.39, 0.29) is 11.4 Å². The molecule has 2 saturated heterocycles. The predicted molar refractivity (Wildman–Crippen MR) is 117 cm³/mol. The summed E-state index contributed by atoms with van der Waals surface area (Å²) >= 11 is 0. The van der Waals surface area contributed by atoms with Crippen LogP contribution in [0.3, 0.4) is 0 Å². The molecular formula is C23H35N5O2. The number of rotatable bonds is 7. The molecule has 1 aromatic rings. The molecule has 30 heavy (non-hydrogen) atoms. The van der Waals surface area contributed by atoms with E-state index in [0.717, 1.165) is 45.6 Å². The molecule has 0 N–H and O–H groups in total. The van der Waals surface area contributed by atoms with E-state index in [1.54, 1.807) is 17.0 Å². The number of ether oxygens (including phenoxy) is 1. The molecule has 0 aliphatic carbocycles. The molecule has 2 aliphatic rings. The van der Waals surface area contributed by atoms with Gasteiger partial charge >= 0.3 is 0 Å². The van der Waals surface area contributed by atoms with Crippen LogP contribution < -0.4 is 4.90 Å². The molecule has 3 rings (SSSR count). The van der Waals surface area contributed by atoms with Gasteiger partial charge < -0.3 is 9.64 Å². The maximum atomic E-state index is 12.9. The van der Waals surface area contributed by atoms with Crippen molar-refractivity contribution in [3.8, 4) is 6.07 Å². The third-order valence-corrected chi connectivity index (χ3v) is 6.27. The van der Waals surface area contributed by atoms with Crippen LogP contribution in [0.25, 0.3) is 0 Å². The summed E-state index contributed by atoms with van der Waals surface area (Å²) in [6.07, 6.45) is 2.22. The molecule has 2 fully saturated rings. The molecule has 1 amide bonds. The van der Waals surface area contributed by atoms with Crippen LogP contribution in [0.1, 0.15) is 45.7 Å². The first-order valence-electron chi connectivity index (χ1n) is 11.2. The summed E-state index contributed by atoms with van der Waals surface area (Å²) in [7, 11) is 0. The zero-order valence-electron chi connectivity index (χ0n) is 18.6. The minimum Gasteiger partial charge on any atom is -0.381 e. The standard InChI is InChI=1S/C23H35N5O2/c1-4-22(29)28(21-7-5-6-20(16-24)25-21)18-23(8-14-30-15-9-23)27-12-10-26(11-13-27)17-19(2)3/h5-7,19H,4,8-15,17-18H2,1-3H3. The lowest BCUT2D eigenvalue weighted by atomic mass is 9.86. The van der Waals surface area contributed by atoms with Gasteiger partial charge in [0.1, 0.15) is 17.6 Å². The molecular weight excluding hydrogens is 378 g/mol. The van der Waals surface area contributed by atoms with Gasteiger partial charge in [0.05, 0.1) is 0 Å². The second kappa shape index (κ2) is 10.3. The number of piperazine rings is 1. The predicted octanol–water partition coefficient (Wildman–Crippen LogP) is 2.52. The number of carbonyl (C=O) groups is 1. The summed E-state index contributed by atoms with van der Waals surface area (Å²) in [5.41, 5.74) is 0.224. The molecule has 0 atom stereocenters. The highest BCUT2D eigenvalue weighted by Crippen LogP contribution is 2.32. The van der Waals surface area contributed by atoms with Gasteiger partial charge in [-0.2, -0.15) is 5.26 Å². The number of nitrogens with zero attached hydrogens (tertiary/aromatic N) is 5. The van der Waals surface area contributed by atoms with Crippen molar-refractivity contribution >= 4 is 11.7 Å². The third kappa shape index (κ3) is 5.37. The molecule has 1 aromatic heterocycles. The molecule has 0 radical (unpaired) electrons. The Morgan fingerprint density at radius 3 is 2.57 bits per heavy atom.